The molecule has 5 rings (SSSR count). The summed E-state index contributed by atoms with van der Waals surface area (Å²) in [5.41, 5.74) is 4.89. The molecule has 2 aromatic carbocycles. The number of rotatable bonds is 4. The summed E-state index contributed by atoms with van der Waals surface area (Å²) >= 11 is 0. The van der Waals surface area contributed by atoms with Crippen LogP contribution < -0.4 is 5.56 Å². The van der Waals surface area contributed by atoms with Crippen LogP contribution in [-0.2, 0) is 29.9 Å². The smallest absolute Gasteiger partial charge is 0.269 e. The molecular formula is C27H32N4O3S. The summed E-state index contributed by atoms with van der Waals surface area (Å²) in [6.45, 7) is 3.58. The van der Waals surface area contributed by atoms with Gasteiger partial charge < -0.3 is 4.90 Å². The van der Waals surface area contributed by atoms with Crippen molar-refractivity contribution >= 4 is 10.0 Å². The third kappa shape index (κ3) is 4.35. The van der Waals surface area contributed by atoms with Crippen molar-refractivity contribution in [2.24, 2.45) is 7.05 Å². The quantitative estimate of drug-likeness (QED) is 0.559. The minimum Gasteiger partial charge on any atom is -0.303 e. The molecule has 0 amide bonds. The van der Waals surface area contributed by atoms with Gasteiger partial charge >= 0.3 is 0 Å². The Kier molecular flexibility index (Phi) is 6.38. The van der Waals surface area contributed by atoms with E-state index in [4.69, 9.17) is 0 Å². The molecule has 2 aliphatic rings. The highest BCUT2D eigenvalue weighted by molar-refractivity contribution is 7.89. The number of fused-ring (bicyclic) bond motifs is 1. The predicted octanol–water partition coefficient (Wildman–Crippen LogP) is 3.31. The van der Waals surface area contributed by atoms with Gasteiger partial charge in [-0.15, -0.1) is 0 Å². The maximum Gasteiger partial charge on any atom is 0.269 e. The number of aryl methyl sites for hydroxylation is 2. The highest BCUT2D eigenvalue weighted by Crippen LogP contribution is 2.35. The molecule has 1 atom stereocenters. The lowest BCUT2D eigenvalue weighted by atomic mass is 9.89. The molecule has 7 nitrogen and oxygen atoms in total. The van der Waals surface area contributed by atoms with E-state index in [1.165, 1.54) is 4.68 Å². The lowest BCUT2D eigenvalue weighted by Gasteiger charge is -2.39. The topological polar surface area (TPSA) is 75.5 Å². The molecule has 0 saturated carbocycles. The van der Waals surface area contributed by atoms with E-state index >= 15 is 0 Å². The Hall–Kier alpha value is -2.81. The molecule has 1 aliphatic carbocycles. The highest BCUT2D eigenvalue weighted by atomic mass is 32.2. The Morgan fingerprint density at radius 2 is 1.66 bits per heavy atom. The van der Waals surface area contributed by atoms with Gasteiger partial charge in [-0.05, 0) is 62.4 Å². The Morgan fingerprint density at radius 1 is 0.943 bits per heavy atom. The van der Waals surface area contributed by atoms with E-state index in [2.05, 4.69) is 10.00 Å². The number of nitrogens with zero attached hydrogens (tertiary/aromatic N) is 4. The number of aromatic nitrogens is 2. The molecule has 3 aromatic rings. The monoisotopic (exact) mass is 492 g/mol. The van der Waals surface area contributed by atoms with Crippen molar-refractivity contribution in [3.63, 3.8) is 0 Å². The van der Waals surface area contributed by atoms with Crippen LogP contribution >= 0.6 is 0 Å². The minimum absolute atomic E-state index is 0.0495. The van der Waals surface area contributed by atoms with Crippen molar-refractivity contribution in [1.82, 2.24) is 19.0 Å². The molecule has 0 N–H and O–H groups in total. The summed E-state index contributed by atoms with van der Waals surface area (Å²) < 4.78 is 31.3. The predicted molar refractivity (Wildman–Crippen MR) is 137 cm³/mol. The van der Waals surface area contributed by atoms with Crippen LogP contribution in [0.3, 0.4) is 0 Å². The normalized spacial score (nSPS) is 19.5. The third-order valence-corrected chi connectivity index (χ3v) is 9.37. The number of likely N-dealkylation sites (N-methyl/N-ethyl adjacent to an activating group) is 1. The second kappa shape index (κ2) is 9.33. The zero-order chi connectivity index (χ0) is 24.7. The van der Waals surface area contributed by atoms with Crippen LogP contribution in [0.4, 0.5) is 0 Å². The maximum absolute atomic E-state index is 14.1. The van der Waals surface area contributed by atoms with Crippen molar-refractivity contribution in [2.45, 2.75) is 43.5 Å². The summed E-state index contributed by atoms with van der Waals surface area (Å²) in [7, 11) is -0.0772. The van der Waals surface area contributed by atoms with Gasteiger partial charge in [0.15, 0.2) is 0 Å². The number of piperazine rings is 1. The summed E-state index contributed by atoms with van der Waals surface area (Å²) in [6.07, 6.45) is 3.53. The fourth-order valence-corrected chi connectivity index (χ4v) is 7.22. The van der Waals surface area contributed by atoms with E-state index < -0.39 is 10.0 Å². The maximum atomic E-state index is 14.1. The van der Waals surface area contributed by atoms with Gasteiger partial charge in [-0.1, -0.05) is 42.5 Å². The van der Waals surface area contributed by atoms with E-state index in [0.29, 0.717) is 30.1 Å². The summed E-state index contributed by atoms with van der Waals surface area (Å²) in [4.78, 5) is 15.2. The van der Waals surface area contributed by atoms with Crippen LogP contribution in [0.25, 0.3) is 11.3 Å². The van der Waals surface area contributed by atoms with Crippen LogP contribution in [-0.4, -0.2) is 54.1 Å². The molecule has 1 unspecified atom stereocenters. The molecule has 1 aliphatic heterocycles. The largest absolute Gasteiger partial charge is 0.303 e. The zero-order valence-electron chi connectivity index (χ0n) is 20.6. The van der Waals surface area contributed by atoms with Gasteiger partial charge in [0, 0.05) is 37.8 Å². The first-order chi connectivity index (χ1) is 16.8. The van der Waals surface area contributed by atoms with Gasteiger partial charge in [0.2, 0.25) is 10.0 Å². The van der Waals surface area contributed by atoms with Gasteiger partial charge in [0.05, 0.1) is 16.6 Å². The van der Waals surface area contributed by atoms with Crippen molar-refractivity contribution in [2.75, 3.05) is 26.7 Å². The molecule has 8 heteroatoms. The van der Waals surface area contributed by atoms with E-state index in [9.17, 15) is 13.2 Å². The zero-order valence-corrected chi connectivity index (χ0v) is 21.4. The highest BCUT2D eigenvalue weighted by Gasteiger charge is 2.37. The molecule has 1 saturated heterocycles. The van der Waals surface area contributed by atoms with Gasteiger partial charge in [-0.3, -0.25) is 4.79 Å². The van der Waals surface area contributed by atoms with Crippen molar-refractivity contribution in [3.05, 3.63) is 81.1 Å². The SMILES string of the molecule is Cc1ccc(-c2nn(C)c(=O)c3c2CCCC3)cc1S(=O)(=O)N1CCN(C)CC1c1ccccc1. The minimum atomic E-state index is -3.77. The van der Waals surface area contributed by atoms with E-state index in [0.717, 1.165) is 53.6 Å². The average Bonchev–Trinajstić information content (AvgIpc) is 2.87. The second-order valence-electron chi connectivity index (χ2n) is 9.73. The van der Waals surface area contributed by atoms with Crippen molar-refractivity contribution < 1.29 is 8.42 Å². The molecular weight excluding hydrogens is 460 g/mol. The fraction of sp³-hybridized carbons (Fsp3) is 0.407. The third-order valence-electron chi connectivity index (χ3n) is 7.32. The number of hydrogen-bond donors (Lipinski definition) is 0. The number of hydrogen-bond acceptors (Lipinski definition) is 5. The number of sulfonamides is 1. The van der Waals surface area contributed by atoms with Crippen molar-refractivity contribution in [1.29, 1.82) is 0 Å². The van der Waals surface area contributed by atoms with Gasteiger partial charge in [0.1, 0.15) is 0 Å². The first kappa shape index (κ1) is 23.9. The van der Waals surface area contributed by atoms with Gasteiger partial charge in [-0.2, -0.15) is 9.40 Å². The number of benzene rings is 2. The Balaban J connectivity index is 1.61. The molecule has 1 fully saturated rings. The molecule has 1 aromatic heterocycles. The van der Waals surface area contributed by atoms with Crippen LogP contribution in [0.15, 0.2) is 58.2 Å². The molecule has 184 valence electrons. The molecule has 0 spiro atoms. The molecule has 2 heterocycles. The summed E-state index contributed by atoms with van der Waals surface area (Å²) in [5, 5.41) is 4.58. The Bertz CT molecular complexity index is 1420. The first-order valence-electron chi connectivity index (χ1n) is 12.2. The van der Waals surface area contributed by atoms with E-state index in [1.54, 1.807) is 17.4 Å². The van der Waals surface area contributed by atoms with Crippen molar-refractivity contribution in [3.8, 4) is 11.3 Å². The van der Waals surface area contributed by atoms with Crippen LogP contribution in [0.5, 0.6) is 0 Å². The standard InChI is InChI=1S/C27H32N4O3S/c1-19-13-14-21(26-22-11-7-8-12-23(22)27(32)30(3)28-26)17-25(19)35(33,34)31-16-15-29(2)18-24(31)20-9-5-4-6-10-20/h4-6,9-10,13-14,17,24H,7-8,11-12,15-16,18H2,1-3H3. The van der Waals surface area contributed by atoms with Crippen LogP contribution in [0.1, 0.15) is 41.1 Å². The first-order valence-corrected chi connectivity index (χ1v) is 13.7. The fourth-order valence-electron chi connectivity index (χ4n) is 5.37. The Labute approximate surface area is 207 Å². The Morgan fingerprint density at radius 3 is 2.40 bits per heavy atom. The molecule has 0 radical (unpaired) electrons. The average molecular weight is 493 g/mol. The van der Waals surface area contributed by atoms with Gasteiger partial charge in [-0.25, -0.2) is 13.1 Å². The summed E-state index contributed by atoms with van der Waals surface area (Å²) in [6, 6.07) is 15.1. The second-order valence-corrected chi connectivity index (χ2v) is 11.6. The molecule has 0 bridgehead atoms. The lowest BCUT2D eigenvalue weighted by Crippen LogP contribution is -2.49. The van der Waals surface area contributed by atoms with E-state index in [-0.39, 0.29) is 11.6 Å². The molecule has 35 heavy (non-hydrogen) atoms. The van der Waals surface area contributed by atoms with Gasteiger partial charge in [0.25, 0.3) is 5.56 Å². The summed E-state index contributed by atoms with van der Waals surface area (Å²) in [5.74, 6) is 0. The van der Waals surface area contributed by atoms with E-state index in [1.807, 2.05) is 56.4 Å². The van der Waals surface area contributed by atoms with Crippen LogP contribution in [0.2, 0.25) is 0 Å². The van der Waals surface area contributed by atoms with Crippen LogP contribution in [0, 0.1) is 6.92 Å². The lowest BCUT2D eigenvalue weighted by molar-refractivity contribution is 0.160.